The number of aromatic nitrogens is 3. The van der Waals surface area contributed by atoms with E-state index >= 15 is 0 Å². The standard InChI is InChI=1S/C19H16BrF3N4O/c20-13-9-12(10-24-11-13)17-16-3-1-2-8-25-18(16)27(26-17)14-4-6-15(7-5-14)28-19(21,22)23/h4-7,9-11,25H,1-3,8H2. The monoisotopic (exact) mass is 452 g/mol. The minimum atomic E-state index is -4.72. The van der Waals surface area contributed by atoms with Gasteiger partial charge in [-0.25, -0.2) is 4.68 Å². The number of alkyl halides is 3. The predicted molar refractivity (Wildman–Crippen MR) is 103 cm³/mol. The Kier molecular flexibility index (Phi) is 5.01. The van der Waals surface area contributed by atoms with Crippen molar-refractivity contribution in [3.05, 3.63) is 52.8 Å². The van der Waals surface area contributed by atoms with E-state index in [1.165, 1.54) is 12.1 Å². The van der Waals surface area contributed by atoms with Gasteiger partial charge in [-0.2, -0.15) is 5.10 Å². The minimum absolute atomic E-state index is 0.265. The van der Waals surface area contributed by atoms with Crippen LogP contribution in [0.2, 0.25) is 0 Å². The van der Waals surface area contributed by atoms with Crippen molar-refractivity contribution in [1.82, 2.24) is 14.8 Å². The predicted octanol–water partition coefficient (Wildman–Crippen LogP) is 5.34. The fourth-order valence-corrected chi connectivity index (χ4v) is 3.62. The Labute approximate surface area is 167 Å². The first-order valence-corrected chi connectivity index (χ1v) is 9.53. The molecular weight excluding hydrogens is 437 g/mol. The van der Waals surface area contributed by atoms with Gasteiger partial charge in [0, 0.05) is 34.5 Å². The number of halogens is 4. The molecule has 0 bridgehead atoms. The summed E-state index contributed by atoms with van der Waals surface area (Å²) >= 11 is 3.44. The maximum Gasteiger partial charge on any atom is 0.573 e. The summed E-state index contributed by atoms with van der Waals surface area (Å²) in [5.41, 5.74) is 3.42. The van der Waals surface area contributed by atoms with E-state index in [1.54, 1.807) is 29.2 Å². The van der Waals surface area contributed by atoms with Crippen LogP contribution in [0.1, 0.15) is 18.4 Å². The van der Waals surface area contributed by atoms with Crippen LogP contribution in [0.4, 0.5) is 19.0 Å². The van der Waals surface area contributed by atoms with Gasteiger partial charge in [-0.3, -0.25) is 4.98 Å². The van der Waals surface area contributed by atoms with Gasteiger partial charge in [0.05, 0.1) is 11.4 Å². The zero-order valence-electron chi connectivity index (χ0n) is 14.6. The van der Waals surface area contributed by atoms with Gasteiger partial charge < -0.3 is 10.1 Å². The third kappa shape index (κ3) is 3.99. The van der Waals surface area contributed by atoms with Crippen molar-refractivity contribution in [2.45, 2.75) is 25.6 Å². The number of fused-ring (bicyclic) bond motifs is 1. The van der Waals surface area contributed by atoms with Crippen LogP contribution in [-0.4, -0.2) is 27.7 Å². The Morgan fingerprint density at radius 2 is 1.89 bits per heavy atom. The molecule has 0 atom stereocenters. The Balaban J connectivity index is 1.77. The van der Waals surface area contributed by atoms with Gasteiger partial charge in [0.1, 0.15) is 11.6 Å². The lowest BCUT2D eigenvalue weighted by Gasteiger charge is -2.11. The van der Waals surface area contributed by atoms with Crippen molar-refractivity contribution in [2.75, 3.05) is 11.9 Å². The summed E-state index contributed by atoms with van der Waals surface area (Å²) in [7, 11) is 0. The number of rotatable bonds is 3. The molecule has 2 aromatic heterocycles. The van der Waals surface area contributed by atoms with Crippen molar-refractivity contribution in [2.24, 2.45) is 0 Å². The molecule has 1 aliphatic heterocycles. The largest absolute Gasteiger partial charge is 0.573 e. The first-order valence-electron chi connectivity index (χ1n) is 8.73. The van der Waals surface area contributed by atoms with Crippen LogP contribution in [-0.2, 0) is 6.42 Å². The lowest BCUT2D eigenvalue weighted by atomic mass is 10.1. The molecule has 1 aromatic carbocycles. The third-order valence-corrected chi connectivity index (χ3v) is 4.86. The average molecular weight is 453 g/mol. The van der Waals surface area contributed by atoms with Crippen LogP contribution in [0.15, 0.2) is 47.2 Å². The molecule has 1 aliphatic rings. The van der Waals surface area contributed by atoms with E-state index < -0.39 is 6.36 Å². The molecule has 0 radical (unpaired) electrons. The van der Waals surface area contributed by atoms with Gasteiger partial charge in [-0.15, -0.1) is 13.2 Å². The molecule has 3 aromatic rings. The van der Waals surface area contributed by atoms with E-state index in [0.29, 0.717) is 5.69 Å². The number of pyridine rings is 1. The van der Waals surface area contributed by atoms with E-state index in [-0.39, 0.29) is 5.75 Å². The molecule has 5 nitrogen and oxygen atoms in total. The highest BCUT2D eigenvalue weighted by Crippen LogP contribution is 2.35. The second-order valence-electron chi connectivity index (χ2n) is 6.40. The molecule has 28 heavy (non-hydrogen) atoms. The van der Waals surface area contributed by atoms with Crippen molar-refractivity contribution in [1.29, 1.82) is 0 Å². The van der Waals surface area contributed by atoms with Crippen molar-refractivity contribution < 1.29 is 17.9 Å². The number of anilines is 1. The Bertz CT molecular complexity index is 986. The summed E-state index contributed by atoms with van der Waals surface area (Å²) < 4.78 is 43.7. The van der Waals surface area contributed by atoms with E-state index in [9.17, 15) is 13.2 Å². The van der Waals surface area contributed by atoms with E-state index in [0.717, 1.165) is 52.9 Å². The quantitative estimate of drug-likeness (QED) is 0.582. The van der Waals surface area contributed by atoms with Crippen molar-refractivity contribution >= 4 is 21.7 Å². The zero-order chi connectivity index (χ0) is 19.7. The third-order valence-electron chi connectivity index (χ3n) is 4.42. The molecule has 0 fully saturated rings. The van der Waals surface area contributed by atoms with Gasteiger partial charge in [0.25, 0.3) is 0 Å². The molecule has 3 heterocycles. The second kappa shape index (κ2) is 7.46. The number of nitrogens with one attached hydrogen (secondary N) is 1. The van der Waals surface area contributed by atoms with Crippen LogP contribution in [0.25, 0.3) is 16.9 Å². The topological polar surface area (TPSA) is 52.0 Å². The molecule has 4 rings (SSSR count). The van der Waals surface area contributed by atoms with Crippen LogP contribution < -0.4 is 10.1 Å². The minimum Gasteiger partial charge on any atom is -0.406 e. The maximum absolute atomic E-state index is 12.4. The summed E-state index contributed by atoms with van der Waals surface area (Å²) in [6, 6.07) is 7.64. The number of nitrogens with zero attached hydrogens (tertiary/aromatic N) is 3. The van der Waals surface area contributed by atoms with Gasteiger partial charge >= 0.3 is 6.36 Å². The summed E-state index contributed by atoms with van der Waals surface area (Å²) in [6.45, 7) is 0.810. The number of ether oxygens (including phenoxy) is 1. The second-order valence-corrected chi connectivity index (χ2v) is 7.32. The Hall–Kier alpha value is -2.55. The van der Waals surface area contributed by atoms with Crippen LogP contribution in [0, 0.1) is 0 Å². The molecule has 0 saturated heterocycles. The lowest BCUT2D eigenvalue weighted by molar-refractivity contribution is -0.274. The number of hydrogen-bond donors (Lipinski definition) is 1. The molecule has 0 spiro atoms. The fourth-order valence-electron chi connectivity index (χ4n) is 3.25. The van der Waals surface area contributed by atoms with Crippen LogP contribution in [0.3, 0.4) is 0 Å². The fraction of sp³-hybridized carbons (Fsp3) is 0.263. The number of hydrogen-bond acceptors (Lipinski definition) is 4. The normalized spacial score (nSPS) is 14.1. The van der Waals surface area contributed by atoms with E-state index in [4.69, 9.17) is 5.10 Å². The zero-order valence-corrected chi connectivity index (χ0v) is 16.2. The van der Waals surface area contributed by atoms with E-state index in [2.05, 4.69) is 31.0 Å². The van der Waals surface area contributed by atoms with Crippen molar-refractivity contribution in [3.8, 4) is 22.7 Å². The summed E-state index contributed by atoms with van der Waals surface area (Å²) in [6.07, 6.45) is 1.66. The van der Waals surface area contributed by atoms with Gasteiger partial charge in [0.2, 0.25) is 0 Å². The number of benzene rings is 1. The highest BCUT2D eigenvalue weighted by atomic mass is 79.9. The van der Waals surface area contributed by atoms with Gasteiger partial charge in [0.15, 0.2) is 0 Å². The first kappa shape index (κ1) is 18.8. The highest BCUT2D eigenvalue weighted by Gasteiger charge is 2.31. The summed E-state index contributed by atoms with van der Waals surface area (Å²) in [5.74, 6) is 0.593. The molecule has 9 heteroatoms. The Morgan fingerprint density at radius 3 is 2.61 bits per heavy atom. The molecule has 0 amide bonds. The van der Waals surface area contributed by atoms with E-state index in [1.807, 2.05) is 6.07 Å². The molecule has 146 valence electrons. The van der Waals surface area contributed by atoms with Gasteiger partial charge in [-0.1, -0.05) is 0 Å². The smallest absolute Gasteiger partial charge is 0.406 e. The SMILES string of the molecule is FC(F)(F)Oc1ccc(-n2nc(-c3cncc(Br)c3)c3c2NCCCC3)cc1. The van der Waals surface area contributed by atoms with Crippen molar-refractivity contribution in [3.63, 3.8) is 0 Å². The molecule has 1 N–H and O–H groups in total. The lowest BCUT2D eigenvalue weighted by Crippen LogP contribution is -2.17. The maximum atomic E-state index is 12.4. The molecule has 0 saturated carbocycles. The summed E-state index contributed by atoms with van der Waals surface area (Å²) in [4.78, 5) is 4.22. The van der Waals surface area contributed by atoms with Crippen LogP contribution in [0.5, 0.6) is 5.75 Å². The average Bonchev–Trinajstić information content (AvgIpc) is 2.82. The Morgan fingerprint density at radius 1 is 1.11 bits per heavy atom. The molecular formula is C19H16BrF3N4O. The molecule has 0 unspecified atom stereocenters. The highest BCUT2D eigenvalue weighted by molar-refractivity contribution is 9.10. The van der Waals surface area contributed by atoms with Crippen LogP contribution >= 0.6 is 15.9 Å². The molecule has 0 aliphatic carbocycles. The summed E-state index contributed by atoms with van der Waals surface area (Å²) in [5, 5.41) is 8.16. The first-order chi connectivity index (χ1) is 13.4. The van der Waals surface area contributed by atoms with Gasteiger partial charge in [-0.05, 0) is 65.5 Å².